The molecule has 0 N–H and O–H groups in total. The predicted molar refractivity (Wildman–Crippen MR) is 39.8 cm³/mol. The van der Waals surface area contributed by atoms with Crippen molar-refractivity contribution in [3.63, 3.8) is 0 Å². The van der Waals surface area contributed by atoms with E-state index in [-0.39, 0.29) is 0 Å². The molecular formula is C7H13B. The fraction of sp³-hybridized carbons (Fsp3) is 0.714. The van der Waals surface area contributed by atoms with E-state index < -0.39 is 0 Å². The minimum absolute atomic E-state index is 0.839. The molecule has 0 aromatic rings. The van der Waals surface area contributed by atoms with Gasteiger partial charge in [-0.25, -0.2) is 0 Å². The number of rotatable bonds is 0. The maximum absolute atomic E-state index is 2.33. The summed E-state index contributed by atoms with van der Waals surface area (Å²) in [5.74, 6) is 1.68. The molecule has 0 saturated carbocycles. The van der Waals surface area contributed by atoms with Gasteiger partial charge in [-0.15, -0.1) is 0 Å². The van der Waals surface area contributed by atoms with E-state index in [4.69, 9.17) is 0 Å². The molecule has 0 heterocycles. The van der Waals surface area contributed by atoms with Crippen LogP contribution >= 0.6 is 0 Å². The zero-order valence-corrected chi connectivity index (χ0v) is 5.72. The van der Waals surface area contributed by atoms with E-state index in [9.17, 15) is 0 Å². The van der Waals surface area contributed by atoms with Crippen LogP contribution in [-0.2, 0) is 0 Å². The Morgan fingerprint density at radius 2 is 2.12 bits per heavy atom. The summed E-state index contributed by atoms with van der Waals surface area (Å²) >= 11 is 0. The number of allylic oxidation sites excluding steroid dienone is 2. The Bertz CT molecular complexity index is 84.6. The molecule has 0 saturated heterocycles. The Kier molecular flexibility index (Phi) is 1.77. The molecule has 1 aliphatic carbocycles. The molecule has 0 aromatic carbocycles. The molecule has 1 heteroatoms. The lowest BCUT2D eigenvalue weighted by Crippen LogP contribution is -2.00. The summed E-state index contributed by atoms with van der Waals surface area (Å²) in [5, 5.41) is 0. The van der Waals surface area contributed by atoms with Crippen molar-refractivity contribution in [2.75, 3.05) is 0 Å². The molecule has 2 unspecified atom stereocenters. The SMILES string of the molecule is BC1C=CC(C)CC1. The van der Waals surface area contributed by atoms with Gasteiger partial charge in [0.15, 0.2) is 0 Å². The van der Waals surface area contributed by atoms with E-state index in [0.717, 1.165) is 11.7 Å². The highest BCUT2D eigenvalue weighted by Crippen LogP contribution is 2.22. The first kappa shape index (κ1) is 5.93. The van der Waals surface area contributed by atoms with E-state index in [2.05, 4.69) is 26.9 Å². The Morgan fingerprint density at radius 3 is 2.50 bits per heavy atom. The average molecular weight is 108 g/mol. The van der Waals surface area contributed by atoms with Crippen molar-refractivity contribution in [3.8, 4) is 0 Å². The standard InChI is InChI=1S/C7H13B/c1-6-2-4-7(8)5-3-6/h2,4,6-7H,3,5,8H2,1H3. The minimum Gasteiger partial charge on any atom is -0.0931 e. The van der Waals surface area contributed by atoms with Crippen LogP contribution in [0.5, 0.6) is 0 Å². The second-order valence-corrected chi connectivity index (χ2v) is 2.92. The first-order valence-corrected chi connectivity index (χ1v) is 3.47. The first-order chi connectivity index (χ1) is 3.79. The van der Waals surface area contributed by atoms with Crippen molar-refractivity contribution in [2.45, 2.75) is 25.6 Å². The van der Waals surface area contributed by atoms with Crippen molar-refractivity contribution in [3.05, 3.63) is 12.2 Å². The Morgan fingerprint density at radius 1 is 1.38 bits per heavy atom. The molecule has 0 amide bonds. The van der Waals surface area contributed by atoms with Crippen molar-refractivity contribution in [1.29, 1.82) is 0 Å². The first-order valence-electron chi connectivity index (χ1n) is 3.47. The van der Waals surface area contributed by atoms with Gasteiger partial charge < -0.3 is 0 Å². The molecule has 1 rings (SSSR count). The smallest absolute Gasteiger partial charge is 0.0931 e. The molecule has 0 aliphatic heterocycles. The van der Waals surface area contributed by atoms with Crippen LogP contribution in [-0.4, -0.2) is 7.85 Å². The van der Waals surface area contributed by atoms with Crippen LogP contribution in [0.4, 0.5) is 0 Å². The van der Waals surface area contributed by atoms with Crippen LogP contribution in [0, 0.1) is 5.92 Å². The van der Waals surface area contributed by atoms with Gasteiger partial charge in [-0.1, -0.05) is 31.3 Å². The molecule has 8 heavy (non-hydrogen) atoms. The Labute approximate surface area is 52.4 Å². The average Bonchev–Trinajstić information content (AvgIpc) is 1.77. The Hall–Kier alpha value is -0.195. The largest absolute Gasteiger partial charge is 0.110 e. The van der Waals surface area contributed by atoms with Crippen LogP contribution < -0.4 is 0 Å². The lowest BCUT2D eigenvalue weighted by Gasteiger charge is -2.15. The van der Waals surface area contributed by atoms with Gasteiger partial charge in [-0.05, 0) is 12.3 Å². The molecule has 1 aliphatic rings. The number of hydrogen-bond donors (Lipinski definition) is 0. The zero-order chi connectivity index (χ0) is 5.98. The molecule has 44 valence electrons. The van der Waals surface area contributed by atoms with Gasteiger partial charge in [0.2, 0.25) is 0 Å². The van der Waals surface area contributed by atoms with E-state index in [0.29, 0.717) is 0 Å². The second-order valence-electron chi connectivity index (χ2n) is 2.92. The summed E-state index contributed by atoms with van der Waals surface area (Å²) < 4.78 is 0. The number of hydrogen-bond acceptors (Lipinski definition) is 0. The highest BCUT2D eigenvalue weighted by molar-refractivity contribution is 6.12. The van der Waals surface area contributed by atoms with Crippen molar-refractivity contribution in [1.82, 2.24) is 0 Å². The third kappa shape index (κ3) is 1.39. The van der Waals surface area contributed by atoms with Crippen LogP contribution in [0.1, 0.15) is 19.8 Å². The molecule has 0 bridgehead atoms. The van der Waals surface area contributed by atoms with Gasteiger partial charge in [0, 0.05) is 0 Å². The summed E-state index contributed by atoms with van der Waals surface area (Å²) in [5.41, 5.74) is 0. The minimum atomic E-state index is 0.839. The van der Waals surface area contributed by atoms with Gasteiger partial charge in [-0.2, -0.15) is 0 Å². The summed E-state index contributed by atoms with van der Waals surface area (Å²) in [6.45, 7) is 2.28. The maximum atomic E-state index is 2.33. The van der Waals surface area contributed by atoms with Crippen molar-refractivity contribution < 1.29 is 0 Å². The fourth-order valence-corrected chi connectivity index (χ4v) is 1.10. The van der Waals surface area contributed by atoms with Gasteiger partial charge in [0.1, 0.15) is 7.85 Å². The summed E-state index contributed by atoms with van der Waals surface area (Å²) in [4.78, 5) is 0. The summed E-state index contributed by atoms with van der Waals surface area (Å²) in [6.07, 6.45) is 7.43. The highest BCUT2D eigenvalue weighted by atomic mass is 14.1. The van der Waals surface area contributed by atoms with E-state index in [1.54, 1.807) is 0 Å². The van der Waals surface area contributed by atoms with Gasteiger partial charge in [-0.3, -0.25) is 0 Å². The predicted octanol–water partition coefficient (Wildman–Crippen LogP) is 1.39. The van der Waals surface area contributed by atoms with Crippen LogP contribution in [0.2, 0.25) is 5.82 Å². The Balaban J connectivity index is 2.42. The monoisotopic (exact) mass is 108 g/mol. The maximum Gasteiger partial charge on any atom is 0.110 e. The van der Waals surface area contributed by atoms with Gasteiger partial charge in [0.25, 0.3) is 0 Å². The zero-order valence-electron chi connectivity index (χ0n) is 5.72. The summed E-state index contributed by atoms with van der Waals surface area (Å²) in [7, 11) is 2.28. The molecule has 2 atom stereocenters. The van der Waals surface area contributed by atoms with E-state index in [1.165, 1.54) is 12.8 Å². The molecule has 0 fully saturated rings. The molecule has 0 radical (unpaired) electrons. The molecular weight excluding hydrogens is 94.9 g/mol. The fourth-order valence-electron chi connectivity index (χ4n) is 1.10. The second kappa shape index (κ2) is 2.39. The highest BCUT2D eigenvalue weighted by Gasteiger charge is 2.06. The van der Waals surface area contributed by atoms with Crippen molar-refractivity contribution >= 4 is 7.85 Å². The topological polar surface area (TPSA) is 0 Å². The van der Waals surface area contributed by atoms with Crippen LogP contribution in [0.15, 0.2) is 12.2 Å². The van der Waals surface area contributed by atoms with E-state index in [1.807, 2.05) is 0 Å². The quantitative estimate of drug-likeness (QED) is 0.325. The third-order valence-corrected chi connectivity index (χ3v) is 1.85. The van der Waals surface area contributed by atoms with Gasteiger partial charge >= 0.3 is 0 Å². The molecule has 0 aromatic heterocycles. The van der Waals surface area contributed by atoms with Crippen LogP contribution in [0.3, 0.4) is 0 Å². The summed E-state index contributed by atoms with van der Waals surface area (Å²) in [6, 6.07) is 0. The van der Waals surface area contributed by atoms with Crippen LogP contribution in [0.25, 0.3) is 0 Å². The van der Waals surface area contributed by atoms with E-state index >= 15 is 0 Å². The molecule has 0 spiro atoms. The normalized spacial score (nSPS) is 37.6. The lowest BCUT2D eigenvalue weighted by atomic mass is 9.77. The lowest BCUT2D eigenvalue weighted by molar-refractivity contribution is 0.584. The molecule has 0 nitrogen and oxygen atoms in total. The third-order valence-electron chi connectivity index (χ3n) is 1.85. The van der Waals surface area contributed by atoms with Crippen molar-refractivity contribution in [2.24, 2.45) is 5.92 Å². The van der Waals surface area contributed by atoms with Gasteiger partial charge in [0.05, 0.1) is 0 Å².